The third kappa shape index (κ3) is 11.2. The molecular weight excluding hydrogens is 901 g/mol. The Kier molecular flexibility index (Phi) is 15.9. The van der Waals surface area contributed by atoms with Crippen LogP contribution in [0.25, 0.3) is 10.8 Å². The number of nitrogens with one attached hydrogen (secondary N) is 2. The van der Waals surface area contributed by atoms with Crippen molar-refractivity contribution in [3.05, 3.63) is 58.0 Å². The summed E-state index contributed by atoms with van der Waals surface area (Å²) in [6.45, 7) is 22.5. The first-order valence-electron chi connectivity index (χ1n) is 26.6. The van der Waals surface area contributed by atoms with Gasteiger partial charge in [-0.1, -0.05) is 79.0 Å². The van der Waals surface area contributed by atoms with E-state index in [4.69, 9.17) is 24.2 Å². The summed E-state index contributed by atoms with van der Waals surface area (Å²) in [5.74, 6) is -3.21. The van der Waals surface area contributed by atoms with Crippen molar-refractivity contribution in [3.8, 4) is 17.2 Å². The summed E-state index contributed by atoms with van der Waals surface area (Å²) in [7, 11) is 0. The van der Waals surface area contributed by atoms with E-state index in [0.717, 1.165) is 58.0 Å². The molecule has 0 aromatic heterocycles. The van der Waals surface area contributed by atoms with Gasteiger partial charge in [-0.25, -0.2) is 4.79 Å². The normalized spacial score (nSPS) is 31.0. The molecular formula is C56H80N6O9. The van der Waals surface area contributed by atoms with Crippen molar-refractivity contribution >= 4 is 34.2 Å². The van der Waals surface area contributed by atoms with Gasteiger partial charge in [-0.2, -0.15) is 0 Å². The molecule has 2 saturated heterocycles. The van der Waals surface area contributed by atoms with E-state index in [9.17, 15) is 29.7 Å². The molecule has 6 heterocycles. The van der Waals surface area contributed by atoms with E-state index in [1.807, 2.05) is 32.9 Å². The zero-order valence-corrected chi connectivity index (χ0v) is 43.7. The van der Waals surface area contributed by atoms with E-state index in [2.05, 4.69) is 41.2 Å². The molecule has 71 heavy (non-hydrogen) atoms. The van der Waals surface area contributed by atoms with Crippen LogP contribution in [-0.4, -0.2) is 112 Å². The van der Waals surface area contributed by atoms with E-state index in [0.29, 0.717) is 37.2 Å². The summed E-state index contributed by atoms with van der Waals surface area (Å²) in [6.07, 6.45) is 17.2. The van der Waals surface area contributed by atoms with Gasteiger partial charge < -0.3 is 50.0 Å². The molecule has 7 atom stereocenters. The van der Waals surface area contributed by atoms with Crippen LogP contribution in [0.3, 0.4) is 0 Å². The number of nitrogens with zero attached hydrogens (tertiary/aromatic N) is 4. The maximum atomic E-state index is 14.9. The monoisotopic (exact) mass is 981 g/mol. The number of carbonyl (C=O) groups is 3. The fourth-order valence-electron chi connectivity index (χ4n) is 12.1. The Bertz CT molecular complexity index is 2550. The smallest absolute Gasteiger partial charge is 0.407 e. The van der Waals surface area contributed by atoms with Crippen molar-refractivity contribution in [2.24, 2.45) is 45.5 Å². The van der Waals surface area contributed by atoms with Crippen LogP contribution in [0.1, 0.15) is 142 Å². The number of hydrogen-bond donors (Lipinski definition) is 5. The quantitative estimate of drug-likeness (QED) is 0.175. The molecule has 3 fully saturated rings. The number of rotatable bonds is 6. The minimum atomic E-state index is -1.88. The maximum Gasteiger partial charge on any atom is 0.407 e. The number of alkyl carbamates (subject to hydrolysis) is 1. The van der Waals surface area contributed by atoms with Crippen LogP contribution >= 0.6 is 0 Å². The second-order valence-corrected chi connectivity index (χ2v) is 22.7. The predicted molar refractivity (Wildman–Crippen MR) is 274 cm³/mol. The second-order valence-electron chi connectivity index (χ2n) is 22.7. The summed E-state index contributed by atoms with van der Waals surface area (Å²) in [5.41, 5.74) is -0.277. The second kappa shape index (κ2) is 21.6. The van der Waals surface area contributed by atoms with Crippen LogP contribution in [0.4, 0.5) is 10.5 Å². The number of phenols is 2. The SMILES string of the molecule is C/C1=C/C=C/C(C)C[C@@H](C)C(O)[C@@H](C)C(OC(=O)NC2CCN(CC3CCCCC3)CC2)[C@H](C)C/C=C/OC2(C)Oc3c(C)c(O)c4c(O)c(c5c(c4c3C2=O)=NC2(CCN(CC(C)C)CC2)N=5)NC1=O. The van der Waals surface area contributed by atoms with Gasteiger partial charge in [0, 0.05) is 87.5 Å². The molecule has 7 aliphatic rings. The Balaban J connectivity index is 1.10. The highest BCUT2D eigenvalue weighted by Crippen LogP contribution is 2.50. The fourth-order valence-corrected chi connectivity index (χ4v) is 12.1. The van der Waals surface area contributed by atoms with Crippen LogP contribution in [-0.2, 0) is 14.3 Å². The molecule has 9 rings (SSSR count). The Hall–Kier alpha value is -4.99. The lowest BCUT2D eigenvalue weighted by Crippen LogP contribution is -2.48. The lowest BCUT2D eigenvalue weighted by Gasteiger charge is -2.37. The van der Waals surface area contributed by atoms with Crippen LogP contribution in [0, 0.1) is 42.4 Å². The van der Waals surface area contributed by atoms with Crippen molar-refractivity contribution in [1.82, 2.24) is 15.1 Å². The van der Waals surface area contributed by atoms with Crippen molar-refractivity contribution < 1.29 is 43.9 Å². The maximum absolute atomic E-state index is 14.9. The Labute approximate surface area is 419 Å². The number of fused-ring (bicyclic) bond motifs is 13. The summed E-state index contributed by atoms with van der Waals surface area (Å²) in [6, 6.07) is -0.000515. The molecule has 15 heteroatoms. The van der Waals surface area contributed by atoms with Gasteiger partial charge in [0.1, 0.15) is 28.6 Å². The van der Waals surface area contributed by atoms with Crippen molar-refractivity contribution in [2.75, 3.05) is 44.6 Å². The van der Waals surface area contributed by atoms with Gasteiger partial charge in [-0.3, -0.25) is 19.6 Å². The average Bonchev–Trinajstić information content (AvgIpc) is 3.84. The van der Waals surface area contributed by atoms with Gasteiger partial charge in [0.05, 0.1) is 28.7 Å². The average molecular weight is 981 g/mol. The first-order valence-corrected chi connectivity index (χ1v) is 26.6. The fraction of sp³-hybridized carbons (Fsp3) is 0.661. The number of anilines is 1. The van der Waals surface area contributed by atoms with E-state index in [-0.39, 0.29) is 73.6 Å². The molecule has 388 valence electrons. The number of aliphatic hydroxyl groups excluding tert-OH is 1. The van der Waals surface area contributed by atoms with Gasteiger partial charge >= 0.3 is 11.9 Å². The van der Waals surface area contributed by atoms with Crippen LogP contribution < -0.4 is 26.1 Å². The third-order valence-corrected chi connectivity index (χ3v) is 16.3. The van der Waals surface area contributed by atoms with Gasteiger partial charge in [-0.05, 0) is 88.0 Å². The summed E-state index contributed by atoms with van der Waals surface area (Å²) >= 11 is 0. The molecule has 5 bridgehead atoms. The molecule has 1 spiro atoms. The van der Waals surface area contributed by atoms with Crippen LogP contribution in [0.2, 0.25) is 0 Å². The number of piperidine rings is 2. The number of aromatic hydroxyl groups is 2. The standard InChI is InChI=1S/C56H80N6O9/c1-32(2)30-62-26-22-56(23-27-62)59-44-41-42-48(64)38(8)51-43(41)52(66)55(9,71-51)69-28-14-17-34(4)50(70-54(68)57-40-20-24-61(25-21-40)31-39-18-11-10-12-19-39)37(7)47(63)36(6)29-33(3)15-13-16-35(5)53(67)58-46(49(42)65)45(44)60-56/h13-16,28,32-34,36-37,39-40,47,50,63-65H,10-12,17-27,29-31H2,1-9H3,(H,57,68)(H,58,67)/b15-13+,28-14+,35-16-/t33?,34-,36-,37-,47?,50?,55?/m1/s1. The number of likely N-dealkylation sites (tertiary alicyclic amines) is 2. The Morgan fingerprint density at radius 2 is 1.62 bits per heavy atom. The molecule has 15 nitrogen and oxygen atoms in total. The number of hydrogen-bond acceptors (Lipinski definition) is 13. The summed E-state index contributed by atoms with van der Waals surface area (Å²) in [4.78, 5) is 58.0. The molecule has 6 aliphatic heterocycles. The van der Waals surface area contributed by atoms with E-state index < -0.39 is 53.1 Å². The highest BCUT2D eigenvalue weighted by Gasteiger charge is 2.50. The number of aliphatic hydroxyl groups is 1. The minimum Gasteiger partial charge on any atom is -0.507 e. The Morgan fingerprint density at radius 3 is 2.31 bits per heavy atom. The zero-order valence-electron chi connectivity index (χ0n) is 43.7. The van der Waals surface area contributed by atoms with Crippen molar-refractivity contribution in [2.45, 2.75) is 163 Å². The molecule has 4 unspecified atom stereocenters. The lowest BCUT2D eigenvalue weighted by molar-refractivity contribution is -0.112. The number of ketones is 1. The number of Topliss-reactive ketones (excluding diaryl/α,β-unsaturated/α-hetero) is 1. The number of phenolic OH excluding ortho intramolecular Hbond substituents is 2. The lowest BCUT2D eigenvalue weighted by atomic mass is 9.80. The van der Waals surface area contributed by atoms with Crippen molar-refractivity contribution in [3.63, 3.8) is 0 Å². The van der Waals surface area contributed by atoms with Gasteiger partial charge in [0.15, 0.2) is 11.4 Å². The molecule has 2 amide bonds. The van der Waals surface area contributed by atoms with E-state index in [1.165, 1.54) is 45.3 Å². The van der Waals surface area contributed by atoms with E-state index >= 15 is 0 Å². The van der Waals surface area contributed by atoms with Crippen molar-refractivity contribution in [1.29, 1.82) is 0 Å². The topological polar surface area (TPSA) is 195 Å². The molecule has 2 aromatic carbocycles. The van der Waals surface area contributed by atoms with E-state index in [1.54, 1.807) is 26.0 Å². The van der Waals surface area contributed by atoms with Crippen LogP contribution in [0.15, 0.2) is 46.1 Å². The minimum absolute atomic E-state index is 0.000515. The van der Waals surface area contributed by atoms with Crippen LogP contribution in [0.5, 0.6) is 17.2 Å². The van der Waals surface area contributed by atoms with Gasteiger partial charge in [-0.15, -0.1) is 0 Å². The van der Waals surface area contributed by atoms with Gasteiger partial charge in [0.25, 0.3) is 11.7 Å². The number of benzene rings is 2. The molecule has 1 aliphatic carbocycles. The molecule has 0 radical (unpaired) electrons. The van der Waals surface area contributed by atoms with Gasteiger partial charge in [0.2, 0.25) is 0 Å². The molecule has 1 saturated carbocycles. The zero-order chi connectivity index (χ0) is 50.9. The predicted octanol–water partition coefficient (Wildman–Crippen LogP) is 8.36. The first kappa shape index (κ1) is 52.3. The molecule has 2 aromatic rings. The summed E-state index contributed by atoms with van der Waals surface area (Å²) < 4.78 is 18.9. The third-order valence-electron chi connectivity index (χ3n) is 16.3. The number of ether oxygens (including phenoxy) is 3. The first-order chi connectivity index (χ1) is 33.8. The highest BCUT2D eigenvalue weighted by molar-refractivity contribution is 6.19. The highest BCUT2D eigenvalue weighted by atomic mass is 16.7. The number of amides is 2. The number of allylic oxidation sites excluding steroid dienone is 4. The molecule has 5 N–H and O–H groups in total. The summed E-state index contributed by atoms with van der Waals surface area (Å²) in [5, 5.41) is 42.8. The largest absolute Gasteiger partial charge is 0.507 e. The Morgan fingerprint density at radius 1 is 0.930 bits per heavy atom. The number of carbonyl (C=O) groups excluding carboxylic acids is 3.